The minimum absolute atomic E-state index is 0.00443. The molecule has 386 valence electrons. The van der Waals surface area contributed by atoms with Gasteiger partial charge in [-0.15, -0.1) is 0 Å². The first-order valence-electron chi connectivity index (χ1n) is 27.0. The average Bonchev–Trinajstić information content (AvgIpc) is 3.46. The van der Waals surface area contributed by atoms with E-state index in [-0.39, 0.29) is 53.9 Å². The molecular formula is C65H70N4O5S. The quantitative estimate of drug-likeness (QED) is 0.0662. The summed E-state index contributed by atoms with van der Waals surface area (Å²) in [7, 11) is -4.36. The third-order valence-corrected chi connectivity index (χ3v) is 17.0. The van der Waals surface area contributed by atoms with Gasteiger partial charge in [-0.05, 0) is 146 Å². The molecule has 2 unspecified atom stereocenters. The van der Waals surface area contributed by atoms with Crippen molar-refractivity contribution in [2.24, 2.45) is 0 Å². The van der Waals surface area contributed by atoms with Crippen LogP contribution in [0.4, 0.5) is 0 Å². The summed E-state index contributed by atoms with van der Waals surface area (Å²) in [4.78, 5) is 46.0. The molecule has 9 nitrogen and oxygen atoms in total. The van der Waals surface area contributed by atoms with Crippen molar-refractivity contribution in [3.63, 3.8) is 0 Å². The Hall–Kier alpha value is -7.14. The predicted molar refractivity (Wildman–Crippen MR) is 298 cm³/mol. The number of nitrogens with zero attached hydrogens (tertiary/aromatic N) is 2. The molecule has 0 fully saturated rings. The van der Waals surface area contributed by atoms with Crippen LogP contribution >= 0.6 is 0 Å². The van der Waals surface area contributed by atoms with Crippen LogP contribution in [0, 0.1) is 0 Å². The summed E-state index contributed by atoms with van der Waals surface area (Å²) < 4.78 is 31.7. The number of carbonyl (C=O) groups excluding carboxylic acids is 3. The lowest BCUT2D eigenvalue weighted by atomic mass is 9.92. The number of sulfonamides is 1. The van der Waals surface area contributed by atoms with E-state index in [2.05, 4.69) is 83.4 Å². The van der Waals surface area contributed by atoms with Gasteiger partial charge in [-0.3, -0.25) is 14.4 Å². The molecule has 0 aromatic heterocycles. The van der Waals surface area contributed by atoms with Gasteiger partial charge in [0, 0.05) is 37.2 Å². The molecule has 2 aliphatic rings. The number of hydrogen-bond acceptors (Lipinski definition) is 5. The van der Waals surface area contributed by atoms with E-state index in [9.17, 15) is 9.59 Å². The summed E-state index contributed by atoms with van der Waals surface area (Å²) in [5.41, 5.74) is 8.86. The molecule has 10 heteroatoms. The summed E-state index contributed by atoms with van der Waals surface area (Å²) >= 11 is 0. The van der Waals surface area contributed by atoms with Crippen LogP contribution in [-0.2, 0) is 71.2 Å². The summed E-state index contributed by atoms with van der Waals surface area (Å²) in [6, 6.07) is 61.1. The predicted octanol–water partition coefficient (Wildman–Crippen LogP) is 11.4. The van der Waals surface area contributed by atoms with Crippen molar-refractivity contribution in [3.05, 3.63) is 244 Å². The van der Waals surface area contributed by atoms with E-state index in [0.29, 0.717) is 6.42 Å². The minimum atomic E-state index is -4.36. The van der Waals surface area contributed by atoms with Crippen LogP contribution < -0.4 is 10.6 Å². The lowest BCUT2D eigenvalue weighted by Crippen LogP contribution is -2.54. The number of carbonyl (C=O) groups is 3. The van der Waals surface area contributed by atoms with Crippen molar-refractivity contribution < 1.29 is 22.8 Å². The first kappa shape index (κ1) is 52.7. The van der Waals surface area contributed by atoms with Gasteiger partial charge >= 0.3 is 0 Å². The van der Waals surface area contributed by atoms with Crippen LogP contribution in [0.25, 0.3) is 0 Å². The Kier molecular flexibility index (Phi) is 18.2. The molecule has 9 rings (SSSR count). The summed E-state index contributed by atoms with van der Waals surface area (Å²) in [6.45, 7) is 0.199. The SMILES string of the molecule is O=C(NC(CCCc1ccccc1)CCCc1ccccc1)C1Cc2ccccc2CN1C(=O)c1cccc(S(=O)(=O)N2Cc3ccccc3CC2C(=O)NC(CCCc2ccccc2)CCCc2ccccc2)c1. The second-order valence-electron chi connectivity index (χ2n) is 20.4. The van der Waals surface area contributed by atoms with Crippen molar-refractivity contribution in [1.82, 2.24) is 19.8 Å². The Morgan fingerprint density at radius 1 is 0.440 bits per heavy atom. The van der Waals surface area contributed by atoms with Crippen molar-refractivity contribution in [3.8, 4) is 0 Å². The van der Waals surface area contributed by atoms with Gasteiger partial charge in [0.05, 0.1) is 4.90 Å². The zero-order valence-electron chi connectivity index (χ0n) is 42.9. The molecule has 0 spiro atoms. The van der Waals surface area contributed by atoms with E-state index in [1.165, 1.54) is 38.7 Å². The van der Waals surface area contributed by atoms with Crippen molar-refractivity contribution >= 4 is 27.7 Å². The topological polar surface area (TPSA) is 116 Å². The molecule has 75 heavy (non-hydrogen) atoms. The van der Waals surface area contributed by atoms with Gasteiger partial charge in [-0.1, -0.05) is 176 Å². The number of benzene rings is 7. The first-order valence-corrected chi connectivity index (χ1v) is 28.4. The molecule has 0 aliphatic carbocycles. The maximum atomic E-state index is 15.2. The Labute approximate surface area is 444 Å². The van der Waals surface area contributed by atoms with Gasteiger partial charge in [0.1, 0.15) is 12.1 Å². The highest BCUT2D eigenvalue weighted by Crippen LogP contribution is 2.32. The first-order chi connectivity index (χ1) is 36.7. The van der Waals surface area contributed by atoms with Crippen LogP contribution in [-0.4, -0.2) is 59.5 Å². The second kappa shape index (κ2) is 25.9. The van der Waals surface area contributed by atoms with E-state index in [1.807, 2.05) is 97.1 Å². The van der Waals surface area contributed by atoms with Crippen LogP contribution in [0.3, 0.4) is 0 Å². The fourth-order valence-corrected chi connectivity index (χ4v) is 12.6. The molecule has 7 aromatic rings. The minimum Gasteiger partial charge on any atom is -0.352 e. The molecule has 7 aromatic carbocycles. The van der Waals surface area contributed by atoms with Gasteiger partial charge in [-0.2, -0.15) is 4.31 Å². The van der Waals surface area contributed by atoms with Gasteiger partial charge in [0.25, 0.3) is 5.91 Å². The normalized spacial score (nSPS) is 15.5. The van der Waals surface area contributed by atoms with E-state index in [4.69, 9.17) is 0 Å². The number of rotatable bonds is 23. The van der Waals surface area contributed by atoms with Crippen LogP contribution in [0.2, 0.25) is 0 Å². The summed E-state index contributed by atoms with van der Waals surface area (Å²) in [5.74, 6) is -0.979. The molecule has 3 amide bonds. The van der Waals surface area contributed by atoms with Crippen LogP contribution in [0.1, 0.15) is 106 Å². The van der Waals surface area contributed by atoms with Crippen molar-refractivity contribution in [2.75, 3.05) is 0 Å². The van der Waals surface area contributed by atoms with Crippen LogP contribution in [0.15, 0.2) is 199 Å². The fraction of sp³-hybridized carbons (Fsp3) is 0.308. The maximum absolute atomic E-state index is 15.2. The lowest BCUT2D eigenvalue weighted by molar-refractivity contribution is -0.127. The number of amides is 3. The van der Waals surface area contributed by atoms with Gasteiger partial charge < -0.3 is 15.5 Å². The van der Waals surface area contributed by atoms with Crippen LogP contribution in [0.5, 0.6) is 0 Å². The molecule has 2 N–H and O–H groups in total. The van der Waals surface area contributed by atoms with Gasteiger partial charge in [0.2, 0.25) is 21.8 Å². The van der Waals surface area contributed by atoms with E-state index < -0.39 is 28.0 Å². The number of hydrogen-bond donors (Lipinski definition) is 2. The Morgan fingerprint density at radius 3 is 1.25 bits per heavy atom. The molecule has 0 radical (unpaired) electrons. The third kappa shape index (κ3) is 14.2. The highest BCUT2D eigenvalue weighted by molar-refractivity contribution is 7.89. The Morgan fingerprint density at radius 2 is 0.813 bits per heavy atom. The van der Waals surface area contributed by atoms with Crippen molar-refractivity contribution in [1.29, 1.82) is 0 Å². The molecule has 0 saturated heterocycles. The highest BCUT2D eigenvalue weighted by atomic mass is 32.2. The number of nitrogens with one attached hydrogen (secondary N) is 2. The molecular weight excluding hydrogens is 949 g/mol. The average molecular weight is 1020 g/mol. The second-order valence-corrected chi connectivity index (χ2v) is 22.3. The molecule has 0 saturated carbocycles. The number of aryl methyl sites for hydroxylation is 4. The largest absolute Gasteiger partial charge is 0.352 e. The summed E-state index contributed by atoms with van der Waals surface area (Å²) in [5, 5.41) is 6.75. The van der Waals surface area contributed by atoms with E-state index >= 15 is 13.2 Å². The highest BCUT2D eigenvalue weighted by Gasteiger charge is 2.41. The Balaban J connectivity index is 0.940. The number of fused-ring (bicyclic) bond motifs is 2. The van der Waals surface area contributed by atoms with E-state index in [1.54, 1.807) is 17.0 Å². The monoisotopic (exact) mass is 1020 g/mol. The molecule has 0 bridgehead atoms. The standard InChI is InChI=1S/C65H70N4O5S/c70-63(66-58(39-17-30-49-22-5-1-6-23-49)40-18-31-50-24-7-2-8-25-50)61-45-53-34-13-15-36-56(53)47-68(61)65(72)55-38-21-43-60(44-55)75(73,74)69-48-57-37-16-14-35-54(57)46-62(69)64(71)67-59(41-19-32-51-26-9-3-10-27-51)42-20-33-52-28-11-4-12-29-52/h1-16,21-29,34-38,43-44,58-59,61-62H,17-20,30-33,39-42,45-48H2,(H,66,70)(H,67,71). The third-order valence-electron chi connectivity index (χ3n) is 15.1. The maximum Gasteiger partial charge on any atom is 0.254 e. The molecule has 2 heterocycles. The van der Waals surface area contributed by atoms with Crippen molar-refractivity contribution in [2.45, 2.75) is 132 Å². The van der Waals surface area contributed by atoms with Gasteiger partial charge in [0.15, 0.2) is 0 Å². The summed E-state index contributed by atoms with van der Waals surface area (Å²) in [6.07, 6.45) is 10.7. The Bertz CT molecular complexity index is 2990. The zero-order valence-corrected chi connectivity index (χ0v) is 43.8. The zero-order chi connectivity index (χ0) is 51.8. The molecule has 2 aliphatic heterocycles. The molecule has 2 atom stereocenters. The van der Waals surface area contributed by atoms with Gasteiger partial charge in [-0.25, -0.2) is 8.42 Å². The van der Waals surface area contributed by atoms with E-state index in [0.717, 1.165) is 99.3 Å². The fourth-order valence-electron chi connectivity index (χ4n) is 11.0. The lowest BCUT2D eigenvalue weighted by Gasteiger charge is -2.37. The smallest absolute Gasteiger partial charge is 0.254 e.